The van der Waals surface area contributed by atoms with Crippen LogP contribution in [0.1, 0.15) is 48.0 Å². The van der Waals surface area contributed by atoms with Gasteiger partial charge in [-0.2, -0.15) is 0 Å². The Morgan fingerprint density at radius 3 is 2.43 bits per heavy atom. The van der Waals surface area contributed by atoms with Gasteiger partial charge in [0.05, 0.1) is 18.7 Å². The van der Waals surface area contributed by atoms with E-state index in [-0.39, 0.29) is 12.1 Å². The molecule has 0 spiro atoms. The molecule has 0 aliphatic carbocycles. The van der Waals surface area contributed by atoms with Crippen molar-refractivity contribution < 1.29 is 23.8 Å². The van der Waals surface area contributed by atoms with E-state index in [0.717, 1.165) is 0 Å². The van der Waals surface area contributed by atoms with Gasteiger partial charge in [-0.05, 0) is 34.6 Å². The first-order valence-electron chi connectivity index (χ1n) is 7.33. The standard InChI is InChI=1S/C15H27NO5/c1-7-19-10-15(6)8-12(20-11(2)17)9-16(15)13(18)21-14(3,4)5/h12H,7-10H2,1-6H3. The third-order valence-corrected chi connectivity index (χ3v) is 3.27. The van der Waals surface area contributed by atoms with Crippen molar-refractivity contribution in [3.8, 4) is 0 Å². The average Bonchev–Trinajstić information content (AvgIpc) is 2.61. The zero-order valence-corrected chi connectivity index (χ0v) is 13.9. The van der Waals surface area contributed by atoms with E-state index in [1.165, 1.54) is 6.92 Å². The van der Waals surface area contributed by atoms with Crippen molar-refractivity contribution in [2.45, 2.75) is 65.2 Å². The maximum absolute atomic E-state index is 12.4. The number of carbonyl (C=O) groups is 2. The van der Waals surface area contributed by atoms with Crippen molar-refractivity contribution >= 4 is 12.1 Å². The fourth-order valence-electron chi connectivity index (χ4n) is 2.47. The molecule has 1 rings (SSSR count). The fourth-order valence-corrected chi connectivity index (χ4v) is 2.47. The van der Waals surface area contributed by atoms with E-state index in [2.05, 4.69) is 0 Å². The highest BCUT2D eigenvalue weighted by Crippen LogP contribution is 2.32. The number of esters is 1. The Hall–Kier alpha value is -1.30. The van der Waals surface area contributed by atoms with Gasteiger partial charge in [-0.15, -0.1) is 0 Å². The highest BCUT2D eigenvalue weighted by Gasteiger charge is 2.47. The maximum Gasteiger partial charge on any atom is 0.410 e. The Labute approximate surface area is 126 Å². The van der Waals surface area contributed by atoms with E-state index in [1.54, 1.807) is 4.90 Å². The summed E-state index contributed by atoms with van der Waals surface area (Å²) in [5.74, 6) is -0.343. The number of carbonyl (C=O) groups excluding carboxylic acids is 2. The smallest absolute Gasteiger partial charge is 0.410 e. The van der Waals surface area contributed by atoms with Crippen LogP contribution in [0.5, 0.6) is 0 Å². The van der Waals surface area contributed by atoms with Gasteiger partial charge in [-0.25, -0.2) is 4.79 Å². The van der Waals surface area contributed by atoms with Crippen LogP contribution < -0.4 is 0 Å². The van der Waals surface area contributed by atoms with Gasteiger partial charge in [-0.1, -0.05) is 0 Å². The van der Waals surface area contributed by atoms with E-state index < -0.39 is 17.2 Å². The van der Waals surface area contributed by atoms with Crippen LogP contribution in [0.15, 0.2) is 0 Å². The quantitative estimate of drug-likeness (QED) is 0.746. The summed E-state index contributed by atoms with van der Waals surface area (Å²) in [5.41, 5.74) is -1.10. The van der Waals surface area contributed by atoms with Crippen LogP contribution >= 0.6 is 0 Å². The van der Waals surface area contributed by atoms with Crippen molar-refractivity contribution in [2.75, 3.05) is 19.8 Å². The van der Waals surface area contributed by atoms with E-state index in [0.29, 0.717) is 26.2 Å². The zero-order chi connectivity index (χ0) is 16.3. The molecule has 0 N–H and O–H groups in total. The number of hydrogen-bond acceptors (Lipinski definition) is 5. The second-order valence-corrected chi connectivity index (χ2v) is 6.66. The van der Waals surface area contributed by atoms with Crippen LogP contribution in [0, 0.1) is 0 Å². The molecule has 122 valence electrons. The number of likely N-dealkylation sites (tertiary alicyclic amines) is 1. The Morgan fingerprint density at radius 2 is 1.95 bits per heavy atom. The molecule has 6 heteroatoms. The molecule has 0 aromatic rings. The lowest BCUT2D eigenvalue weighted by Crippen LogP contribution is -2.50. The molecule has 1 fully saturated rings. The van der Waals surface area contributed by atoms with Crippen LogP contribution in [0.4, 0.5) is 4.79 Å². The highest BCUT2D eigenvalue weighted by molar-refractivity contribution is 5.70. The summed E-state index contributed by atoms with van der Waals surface area (Å²) < 4.78 is 16.2. The summed E-state index contributed by atoms with van der Waals surface area (Å²) in [6, 6.07) is 0. The van der Waals surface area contributed by atoms with Crippen LogP contribution in [-0.4, -0.2) is 54.0 Å². The molecule has 0 aromatic carbocycles. The Balaban J connectivity index is 2.84. The van der Waals surface area contributed by atoms with Crippen molar-refractivity contribution in [2.24, 2.45) is 0 Å². The Bertz CT molecular complexity index is 390. The van der Waals surface area contributed by atoms with E-state index in [4.69, 9.17) is 14.2 Å². The fraction of sp³-hybridized carbons (Fsp3) is 0.867. The van der Waals surface area contributed by atoms with Gasteiger partial charge in [0.2, 0.25) is 0 Å². The summed E-state index contributed by atoms with van der Waals surface area (Å²) in [4.78, 5) is 25.1. The number of amides is 1. The third-order valence-electron chi connectivity index (χ3n) is 3.27. The van der Waals surface area contributed by atoms with Gasteiger partial charge in [0, 0.05) is 20.0 Å². The first-order valence-corrected chi connectivity index (χ1v) is 7.33. The summed E-state index contributed by atoms with van der Waals surface area (Å²) in [6.07, 6.45) is -0.175. The molecule has 1 amide bonds. The van der Waals surface area contributed by atoms with Crippen molar-refractivity contribution in [3.05, 3.63) is 0 Å². The molecule has 21 heavy (non-hydrogen) atoms. The largest absolute Gasteiger partial charge is 0.461 e. The molecule has 0 aromatic heterocycles. The molecule has 1 aliphatic heterocycles. The van der Waals surface area contributed by atoms with Gasteiger partial charge in [0.1, 0.15) is 11.7 Å². The normalized spacial score (nSPS) is 25.8. The average molecular weight is 301 g/mol. The maximum atomic E-state index is 12.4. The van der Waals surface area contributed by atoms with Crippen LogP contribution in [-0.2, 0) is 19.0 Å². The molecular formula is C15H27NO5. The van der Waals surface area contributed by atoms with Gasteiger partial charge in [-0.3, -0.25) is 9.69 Å². The molecule has 1 heterocycles. The molecule has 1 aliphatic rings. The summed E-state index contributed by atoms with van der Waals surface area (Å²) >= 11 is 0. The predicted octanol–water partition coefficient (Wildman–Crippen LogP) is 2.35. The van der Waals surface area contributed by atoms with Gasteiger partial charge in [0.15, 0.2) is 0 Å². The minimum absolute atomic E-state index is 0.319. The first-order chi connectivity index (χ1) is 9.57. The predicted molar refractivity (Wildman–Crippen MR) is 78.0 cm³/mol. The first kappa shape index (κ1) is 17.8. The lowest BCUT2D eigenvalue weighted by Gasteiger charge is -2.35. The second kappa shape index (κ2) is 6.64. The van der Waals surface area contributed by atoms with E-state index >= 15 is 0 Å². The number of nitrogens with zero attached hydrogens (tertiary/aromatic N) is 1. The van der Waals surface area contributed by atoms with Crippen LogP contribution in [0.2, 0.25) is 0 Å². The topological polar surface area (TPSA) is 65.1 Å². The lowest BCUT2D eigenvalue weighted by atomic mass is 9.99. The molecule has 0 radical (unpaired) electrons. The van der Waals surface area contributed by atoms with Crippen LogP contribution in [0.25, 0.3) is 0 Å². The third kappa shape index (κ3) is 5.19. The molecule has 0 saturated carbocycles. The minimum Gasteiger partial charge on any atom is -0.461 e. The van der Waals surface area contributed by atoms with E-state index in [9.17, 15) is 9.59 Å². The monoisotopic (exact) mass is 301 g/mol. The van der Waals surface area contributed by atoms with Gasteiger partial charge in [0.25, 0.3) is 0 Å². The zero-order valence-electron chi connectivity index (χ0n) is 13.9. The molecule has 2 atom stereocenters. The molecule has 0 bridgehead atoms. The number of ether oxygens (including phenoxy) is 3. The Morgan fingerprint density at radius 1 is 1.33 bits per heavy atom. The van der Waals surface area contributed by atoms with Crippen molar-refractivity contribution in [3.63, 3.8) is 0 Å². The molecule has 2 unspecified atom stereocenters. The van der Waals surface area contributed by atoms with E-state index in [1.807, 2.05) is 34.6 Å². The van der Waals surface area contributed by atoms with Gasteiger partial charge < -0.3 is 14.2 Å². The molecule has 6 nitrogen and oxygen atoms in total. The second-order valence-electron chi connectivity index (χ2n) is 6.66. The lowest BCUT2D eigenvalue weighted by molar-refractivity contribution is -0.145. The van der Waals surface area contributed by atoms with Gasteiger partial charge >= 0.3 is 12.1 Å². The highest BCUT2D eigenvalue weighted by atomic mass is 16.6. The molecule has 1 saturated heterocycles. The molecular weight excluding hydrogens is 274 g/mol. The van der Waals surface area contributed by atoms with Crippen molar-refractivity contribution in [1.29, 1.82) is 0 Å². The number of rotatable bonds is 4. The Kier molecular flexibility index (Phi) is 5.61. The van der Waals surface area contributed by atoms with Crippen LogP contribution in [0.3, 0.4) is 0 Å². The SMILES string of the molecule is CCOCC1(C)CC(OC(C)=O)CN1C(=O)OC(C)(C)C. The summed E-state index contributed by atoms with van der Waals surface area (Å²) in [5, 5.41) is 0. The minimum atomic E-state index is -0.566. The summed E-state index contributed by atoms with van der Waals surface area (Å²) in [7, 11) is 0. The number of hydrogen-bond donors (Lipinski definition) is 0. The summed E-state index contributed by atoms with van der Waals surface area (Å²) in [6.45, 7) is 12.0. The van der Waals surface area contributed by atoms with Crippen molar-refractivity contribution in [1.82, 2.24) is 4.90 Å².